The van der Waals surface area contributed by atoms with Crippen LogP contribution in [-0.2, 0) is 20.9 Å². The molecule has 0 bridgehead atoms. The summed E-state index contributed by atoms with van der Waals surface area (Å²) in [6.45, 7) is 0.458. The summed E-state index contributed by atoms with van der Waals surface area (Å²) >= 11 is 0. The maximum atomic E-state index is 11.3. The molecule has 0 heterocycles. The molecule has 1 rings (SSSR count). The minimum absolute atomic E-state index is 0.0322. The van der Waals surface area contributed by atoms with Gasteiger partial charge in [0.1, 0.15) is 6.61 Å². The highest BCUT2D eigenvalue weighted by Gasteiger charge is 2.04. The van der Waals surface area contributed by atoms with Gasteiger partial charge in [0.2, 0.25) is 0 Å². The van der Waals surface area contributed by atoms with Crippen molar-refractivity contribution >= 4 is 11.8 Å². The molecule has 0 aliphatic rings. The van der Waals surface area contributed by atoms with Crippen LogP contribution >= 0.6 is 0 Å². The molecule has 1 aromatic carbocycles. The number of hydrogen-bond acceptors (Lipinski definition) is 3. The molecule has 0 radical (unpaired) electrons. The second kappa shape index (κ2) is 7.57. The van der Waals surface area contributed by atoms with Crippen molar-refractivity contribution in [2.45, 2.75) is 25.9 Å². The average molecular weight is 236 g/mol. The van der Waals surface area contributed by atoms with Crippen molar-refractivity contribution in [2.24, 2.45) is 0 Å². The second-order valence-corrected chi connectivity index (χ2v) is 3.76. The van der Waals surface area contributed by atoms with Gasteiger partial charge in [-0.2, -0.15) is 0 Å². The molecule has 1 aromatic rings. The van der Waals surface area contributed by atoms with Crippen LogP contribution in [0.25, 0.3) is 0 Å². The Labute approximate surface area is 100 Å². The number of carboxylic acids is 1. The minimum Gasteiger partial charge on any atom is -0.481 e. The number of rotatable bonds is 8. The largest absolute Gasteiger partial charge is 0.481 e. The Kier molecular flexibility index (Phi) is 5.96. The fraction of sp³-hybridized carbons (Fsp3) is 0.385. The minimum atomic E-state index is -0.872. The van der Waals surface area contributed by atoms with E-state index in [9.17, 15) is 9.59 Å². The standard InChI is InChI=1S/C13H16O4/c14-12(7-4-8-13(15)16)10-17-9-11-5-2-1-3-6-11/h1-3,5-6H,4,7-10H2,(H,15,16). The summed E-state index contributed by atoms with van der Waals surface area (Å²) in [5.74, 6) is -0.926. The molecule has 0 saturated heterocycles. The van der Waals surface area contributed by atoms with Gasteiger partial charge in [-0.1, -0.05) is 30.3 Å². The smallest absolute Gasteiger partial charge is 0.303 e. The zero-order valence-electron chi connectivity index (χ0n) is 9.59. The van der Waals surface area contributed by atoms with Crippen molar-refractivity contribution in [3.63, 3.8) is 0 Å². The van der Waals surface area contributed by atoms with Crippen LogP contribution in [-0.4, -0.2) is 23.5 Å². The van der Waals surface area contributed by atoms with E-state index in [1.807, 2.05) is 30.3 Å². The number of ketones is 1. The first-order chi connectivity index (χ1) is 8.18. The summed E-state index contributed by atoms with van der Waals surface area (Å²) in [6.07, 6.45) is 0.675. The maximum Gasteiger partial charge on any atom is 0.303 e. The number of hydrogen-bond donors (Lipinski definition) is 1. The third-order valence-electron chi connectivity index (χ3n) is 2.22. The van der Waals surface area contributed by atoms with Crippen LogP contribution in [0.4, 0.5) is 0 Å². The predicted molar refractivity (Wildman–Crippen MR) is 62.6 cm³/mol. The van der Waals surface area contributed by atoms with Crippen molar-refractivity contribution in [3.8, 4) is 0 Å². The number of ether oxygens (including phenoxy) is 1. The number of carbonyl (C=O) groups is 2. The molecule has 0 unspecified atom stereocenters. The Morgan fingerprint density at radius 2 is 1.82 bits per heavy atom. The SMILES string of the molecule is O=C(O)CCCC(=O)COCc1ccccc1. The molecule has 0 fully saturated rings. The van der Waals surface area contributed by atoms with Gasteiger partial charge in [-0.3, -0.25) is 9.59 Å². The first-order valence-corrected chi connectivity index (χ1v) is 5.53. The number of benzene rings is 1. The van der Waals surface area contributed by atoms with Gasteiger partial charge in [0.05, 0.1) is 6.61 Å². The quantitative estimate of drug-likeness (QED) is 0.750. The summed E-state index contributed by atoms with van der Waals surface area (Å²) in [5, 5.41) is 8.41. The van der Waals surface area contributed by atoms with E-state index in [2.05, 4.69) is 0 Å². The summed E-state index contributed by atoms with van der Waals surface area (Å²) in [7, 11) is 0. The van der Waals surface area contributed by atoms with E-state index >= 15 is 0 Å². The van der Waals surface area contributed by atoms with Crippen LogP contribution in [0.3, 0.4) is 0 Å². The fourth-order valence-corrected chi connectivity index (χ4v) is 1.37. The topological polar surface area (TPSA) is 63.6 Å². The van der Waals surface area contributed by atoms with Gasteiger partial charge >= 0.3 is 5.97 Å². The molecule has 0 aliphatic carbocycles. The second-order valence-electron chi connectivity index (χ2n) is 3.76. The van der Waals surface area contributed by atoms with Gasteiger partial charge in [-0.05, 0) is 12.0 Å². The maximum absolute atomic E-state index is 11.3. The zero-order valence-corrected chi connectivity index (χ0v) is 9.59. The van der Waals surface area contributed by atoms with E-state index in [0.29, 0.717) is 13.0 Å². The highest BCUT2D eigenvalue weighted by atomic mass is 16.5. The number of carboxylic acid groups (broad SMARTS) is 1. The summed E-state index contributed by atoms with van der Waals surface area (Å²) < 4.78 is 5.24. The first-order valence-electron chi connectivity index (χ1n) is 5.53. The molecule has 0 atom stereocenters. The Balaban J connectivity index is 2.10. The van der Waals surface area contributed by atoms with Crippen LogP contribution in [0.5, 0.6) is 0 Å². The lowest BCUT2D eigenvalue weighted by Crippen LogP contribution is -2.09. The van der Waals surface area contributed by atoms with Gasteiger partial charge in [0.25, 0.3) is 0 Å². The van der Waals surface area contributed by atoms with Crippen molar-refractivity contribution < 1.29 is 19.4 Å². The van der Waals surface area contributed by atoms with Gasteiger partial charge < -0.3 is 9.84 Å². The van der Waals surface area contributed by atoms with Gasteiger partial charge in [-0.25, -0.2) is 0 Å². The van der Waals surface area contributed by atoms with E-state index in [1.165, 1.54) is 0 Å². The Morgan fingerprint density at radius 3 is 2.47 bits per heavy atom. The highest BCUT2D eigenvalue weighted by molar-refractivity contribution is 5.80. The van der Waals surface area contributed by atoms with E-state index in [1.54, 1.807) is 0 Å². The van der Waals surface area contributed by atoms with Crippen LogP contribution in [0.1, 0.15) is 24.8 Å². The lowest BCUT2D eigenvalue weighted by molar-refractivity contribution is -0.137. The molecule has 92 valence electrons. The Hall–Kier alpha value is -1.68. The first kappa shape index (κ1) is 13.4. The summed E-state index contributed by atoms with van der Waals surface area (Å²) in [5.41, 5.74) is 1.02. The van der Waals surface area contributed by atoms with Crippen LogP contribution < -0.4 is 0 Å². The molecular formula is C13H16O4. The van der Waals surface area contributed by atoms with Gasteiger partial charge in [-0.15, -0.1) is 0 Å². The van der Waals surface area contributed by atoms with E-state index in [-0.39, 0.29) is 25.2 Å². The number of carbonyl (C=O) groups excluding carboxylic acids is 1. The van der Waals surface area contributed by atoms with Crippen LogP contribution in [0, 0.1) is 0 Å². The molecule has 4 heteroatoms. The van der Waals surface area contributed by atoms with Gasteiger partial charge in [0.15, 0.2) is 5.78 Å². The van der Waals surface area contributed by atoms with Crippen molar-refractivity contribution in [3.05, 3.63) is 35.9 Å². The van der Waals surface area contributed by atoms with E-state index in [0.717, 1.165) is 5.56 Å². The third kappa shape index (κ3) is 6.48. The molecule has 0 spiro atoms. The molecule has 0 aliphatic heterocycles. The number of aliphatic carboxylic acids is 1. The lowest BCUT2D eigenvalue weighted by atomic mass is 10.2. The molecule has 1 N–H and O–H groups in total. The van der Waals surface area contributed by atoms with E-state index in [4.69, 9.17) is 9.84 Å². The van der Waals surface area contributed by atoms with Crippen molar-refractivity contribution in [2.75, 3.05) is 6.61 Å². The molecular weight excluding hydrogens is 220 g/mol. The fourth-order valence-electron chi connectivity index (χ4n) is 1.37. The highest BCUT2D eigenvalue weighted by Crippen LogP contribution is 2.02. The summed E-state index contributed by atoms with van der Waals surface area (Å²) in [6, 6.07) is 9.59. The monoisotopic (exact) mass is 236 g/mol. The summed E-state index contributed by atoms with van der Waals surface area (Å²) in [4.78, 5) is 21.5. The number of Topliss-reactive ketones (excluding diaryl/α,β-unsaturated/α-hetero) is 1. The molecule has 0 saturated carbocycles. The van der Waals surface area contributed by atoms with Crippen molar-refractivity contribution in [1.82, 2.24) is 0 Å². The molecule has 4 nitrogen and oxygen atoms in total. The Morgan fingerprint density at radius 1 is 1.12 bits per heavy atom. The molecule has 0 aromatic heterocycles. The van der Waals surface area contributed by atoms with Crippen molar-refractivity contribution in [1.29, 1.82) is 0 Å². The third-order valence-corrected chi connectivity index (χ3v) is 2.22. The zero-order chi connectivity index (χ0) is 12.5. The average Bonchev–Trinajstić information content (AvgIpc) is 2.30. The normalized spacial score (nSPS) is 10.1. The molecule has 17 heavy (non-hydrogen) atoms. The van der Waals surface area contributed by atoms with Crippen LogP contribution in [0.2, 0.25) is 0 Å². The lowest BCUT2D eigenvalue weighted by Gasteiger charge is -2.03. The predicted octanol–water partition coefficient (Wildman–Crippen LogP) is 2.03. The molecule has 0 amide bonds. The van der Waals surface area contributed by atoms with E-state index < -0.39 is 5.97 Å². The van der Waals surface area contributed by atoms with Crippen LogP contribution in [0.15, 0.2) is 30.3 Å². The van der Waals surface area contributed by atoms with Gasteiger partial charge in [0, 0.05) is 12.8 Å². The Bertz CT molecular complexity index is 359.